The van der Waals surface area contributed by atoms with E-state index in [0.29, 0.717) is 18.0 Å². The second kappa shape index (κ2) is 6.70. The Morgan fingerprint density at radius 3 is 2.67 bits per heavy atom. The Balaban J connectivity index is 1.83. The van der Waals surface area contributed by atoms with Gasteiger partial charge < -0.3 is 15.0 Å². The fourth-order valence-corrected chi connectivity index (χ4v) is 2.45. The molecule has 0 aliphatic carbocycles. The van der Waals surface area contributed by atoms with Crippen LogP contribution in [0.2, 0.25) is 0 Å². The quantitative estimate of drug-likeness (QED) is 0.696. The van der Waals surface area contributed by atoms with Crippen molar-refractivity contribution >= 4 is 28.5 Å². The average Bonchev–Trinajstić information content (AvgIpc) is 2.93. The lowest BCUT2D eigenvalue weighted by atomic mass is 10.2. The van der Waals surface area contributed by atoms with Gasteiger partial charge in [0.05, 0.1) is 17.6 Å². The summed E-state index contributed by atoms with van der Waals surface area (Å²) in [5, 5.41) is 4.22. The van der Waals surface area contributed by atoms with E-state index in [1.807, 2.05) is 39.0 Å². The molecule has 0 saturated heterocycles. The van der Waals surface area contributed by atoms with Crippen LogP contribution in [0.4, 0.5) is 11.5 Å². The van der Waals surface area contributed by atoms with Crippen molar-refractivity contribution in [1.82, 2.24) is 15.0 Å². The molecule has 0 bridgehead atoms. The van der Waals surface area contributed by atoms with Crippen molar-refractivity contribution in [2.45, 2.75) is 27.2 Å². The van der Waals surface area contributed by atoms with Gasteiger partial charge in [-0.25, -0.2) is 14.8 Å². The largest absolute Gasteiger partial charge is 0.462 e. The molecule has 24 heavy (non-hydrogen) atoms. The second-order valence-electron chi connectivity index (χ2n) is 5.67. The molecule has 0 fully saturated rings. The zero-order valence-electron chi connectivity index (χ0n) is 14.0. The maximum atomic E-state index is 11.8. The number of benzene rings is 1. The van der Waals surface area contributed by atoms with Crippen LogP contribution in [-0.4, -0.2) is 27.5 Å². The molecule has 124 valence electrons. The van der Waals surface area contributed by atoms with Gasteiger partial charge in [-0.1, -0.05) is 6.92 Å². The summed E-state index contributed by atoms with van der Waals surface area (Å²) in [5.74, 6) is 1.12. The molecule has 2 N–H and O–H groups in total. The van der Waals surface area contributed by atoms with E-state index in [1.54, 1.807) is 12.1 Å². The number of hydrogen-bond acceptors (Lipinski definition) is 5. The standard InChI is InChI=1S/C18H20N4O2/c1-4-9-24-18(23)13-5-7-14(8-6-13)22-17-15-10-11(2)19-16(15)20-12(3)21-17/h5-8,10H,4,9H2,1-3H3,(H2,19,20,21,22). The molecule has 0 saturated carbocycles. The summed E-state index contributed by atoms with van der Waals surface area (Å²) >= 11 is 0. The van der Waals surface area contributed by atoms with Gasteiger partial charge in [-0.3, -0.25) is 0 Å². The fourth-order valence-electron chi connectivity index (χ4n) is 2.45. The molecular formula is C18H20N4O2. The van der Waals surface area contributed by atoms with Crippen LogP contribution in [0.1, 0.15) is 35.2 Å². The zero-order valence-corrected chi connectivity index (χ0v) is 14.0. The number of anilines is 2. The number of fused-ring (bicyclic) bond motifs is 1. The highest BCUT2D eigenvalue weighted by molar-refractivity contribution is 5.91. The molecule has 0 aliphatic rings. The van der Waals surface area contributed by atoms with Crippen molar-refractivity contribution in [2.24, 2.45) is 0 Å². The summed E-state index contributed by atoms with van der Waals surface area (Å²) in [5.41, 5.74) is 3.22. The van der Waals surface area contributed by atoms with Crippen molar-refractivity contribution in [3.05, 3.63) is 47.4 Å². The van der Waals surface area contributed by atoms with Crippen molar-refractivity contribution in [3.8, 4) is 0 Å². The average molecular weight is 324 g/mol. The van der Waals surface area contributed by atoms with Gasteiger partial charge in [0.2, 0.25) is 0 Å². The van der Waals surface area contributed by atoms with E-state index in [4.69, 9.17) is 4.74 Å². The first kappa shape index (κ1) is 16.0. The van der Waals surface area contributed by atoms with Crippen molar-refractivity contribution < 1.29 is 9.53 Å². The van der Waals surface area contributed by atoms with E-state index >= 15 is 0 Å². The lowest BCUT2D eigenvalue weighted by Crippen LogP contribution is -2.06. The minimum absolute atomic E-state index is 0.301. The molecule has 1 aromatic carbocycles. The summed E-state index contributed by atoms with van der Waals surface area (Å²) in [6.45, 7) is 6.24. The van der Waals surface area contributed by atoms with Crippen molar-refractivity contribution in [3.63, 3.8) is 0 Å². The summed E-state index contributed by atoms with van der Waals surface area (Å²) in [6.07, 6.45) is 0.810. The normalized spacial score (nSPS) is 10.8. The van der Waals surface area contributed by atoms with E-state index in [9.17, 15) is 4.79 Å². The molecule has 6 nitrogen and oxygen atoms in total. The van der Waals surface area contributed by atoms with Gasteiger partial charge in [0, 0.05) is 11.4 Å². The van der Waals surface area contributed by atoms with Gasteiger partial charge in [0.25, 0.3) is 0 Å². The summed E-state index contributed by atoms with van der Waals surface area (Å²) in [6, 6.07) is 9.17. The Bertz CT molecular complexity index is 869. The number of carbonyl (C=O) groups is 1. The van der Waals surface area contributed by atoms with Crippen LogP contribution in [0.3, 0.4) is 0 Å². The molecule has 6 heteroatoms. The molecule has 2 aromatic heterocycles. The molecule has 0 aliphatic heterocycles. The Kier molecular flexibility index (Phi) is 4.46. The van der Waals surface area contributed by atoms with Gasteiger partial charge >= 0.3 is 5.97 Å². The number of nitrogens with one attached hydrogen (secondary N) is 2. The van der Waals surface area contributed by atoms with Crippen molar-refractivity contribution in [2.75, 3.05) is 11.9 Å². The SMILES string of the molecule is CCCOC(=O)c1ccc(Nc2nc(C)nc3[nH]c(C)cc23)cc1. The predicted octanol–water partition coefficient (Wildman–Crippen LogP) is 3.89. The molecule has 0 amide bonds. The predicted molar refractivity (Wildman–Crippen MR) is 93.7 cm³/mol. The maximum Gasteiger partial charge on any atom is 0.338 e. The first-order chi connectivity index (χ1) is 11.6. The molecule has 2 heterocycles. The van der Waals surface area contributed by atoms with Gasteiger partial charge in [-0.15, -0.1) is 0 Å². The van der Waals surface area contributed by atoms with E-state index in [0.717, 1.165) is 34.7 Å². The third-order valence-corrected chi connectivity index (χ3v) is 3.55. The number of H-pyrrole nitrogens is 1. The van der Waals surface area contributed by atoms with Crippen LogP contribution in [0.15, 0.2) is 30.3 Å². The minimum atomic E-state index is -0.301. The van der Waals surface area contributed by atoms with Crippen LogP contribution in [0.25, 0.3) is 11.0 Å². The van der Waals surface area contributed by atoms with E-state index < -0.39 is 0 Å². The lowest BCUT2D eigenvalue weighted by molar-refractivity contribution is 0.0505. The highest BCUT2D eigenvalue weighted by Crippen LogP contribution is 2.24. The van der Waals surface area contributed by atoms with Crippen molar-refractivity contribution in [1.29, 1.82) is 0 Å². The Morgan fingerprint density at radius 1 is 1.21 bits per heavy atom. The van der Waals surface area contributed by atoms with Crippen LogP contribution in [0.5, 0.6) is 0 Å². The number of aromatic amines is 1. The number of esters is 1. The lowest BCUT2D eigenvalue weighted by Gasteiger charge is -2.08. The topological polar surface area (TPSA) is 79.9 Å². The third-order valence-electron chi connectivity index (χ3n) is 3.55. The highest BCUT2D eigenvalue weighted by atomic mass is 16.5. The number of ether oxygens (including phenoxy) is 1. The number of aromatic nitrogens is 3. The van der Waals surface area contributed by atoms with E-state index in [-0.39, 0.29) is 5.97 Å². The summed E-state index contributed by atoms with van der Waals surface area (Å²) in [4.78, 5) is 23.9. The molecule has 3 aromatic rings. The smallest absolute Gasteiger partial charge is 0.338 e. The Labute approximate surface area is 140 Å². The molecule has 0 unspecified atom stereocenters. The van der Waals surface area contributed by atoms with Crippen LogP contribution in [-0.2, 0) is 4.74 Å². The molecular weight excluding hydrogens is 304 g/mol. The second-order valence-corrected chi connectivity index (χ2v) is 5.67. The first-order valence-electron chi connectivity index (χ1n) is 7.95. The number of rotatable bonds is 5. The first-order valence-corrected chi connectivity index (χ1v) is 7.95. The molecule has 3 rings (SSSR count). The van der Waals surface area contributed by atoms with Gasteiger partial charge in [-0.2, -0.15) is 0 Å². The van der Waals surface area contributed by atoms with Crippen LogP contribution >= 0.6 is 0 Å². The number of aryl methyl sites for hydroxylation is 2. The number of hydrogen-bond donors (Lipinski definition) is 2. The van der Waals surface area contributed by atoms with Gasteiger partial charge in [0.1, 0.15) is 17.3 Å². The molecule has 0 spiro atoms. The minimum Gasteiger partial charge on any atom is -0.462 e. The van der Waals surface area contributed by atoms with Gasteiger partial charge in [-0.05, 0) is 50.6 Å². The number of carbonyl (C=O) groups excluding carboxylic acids is 1. The summed E-state index contributed by atoms with van der Waals surface area (Å²) < 4.78 is 5.13. The monoisotopic (exact) mass is 324 g/mol. The maximum absolute atomic E-state index is 11.8. The Morgan fingerprint density at radius 2 is 1.96 bits per heavy atom. The Hall–Kier alpha value is -2.89. The van der Waals surface area contributed by atoms with Crippen LogP contribution in [0, 0.1) is 13.8 Å². The van der Waals surface area contributed by atoms with E-state index in [1.165, 1.54) is 0 Å². The third kappa shape index (κ3) is 3.37. The zero-order chi connectivity index (χ0) is 17.1. The fraction of sp³-hybridized carbons (Fsp3) is 0.278. The van der Waals surface area contributed by atoms with Gasteiger partial charge in [0.15, 0.2) is 0 Å². The highest BCUT2D eigenvalue weighted by Gasteiger charge is 2.10. The molecule has 0 atom stereocenters. The number of nitrogens with zero attached hydrogens (tertiary/aromatic N) is 2. The van der Waals surface area contributed by atoms with E-state index in [2.05, 4.69) is 20.3 Å². The van der Waals surface area contributed by atoms with Crippen LogP contribution < -0.4 is 5.32 Å². The summed E-state index contributed by atoms with van der Waals surface area (Å²) in [7, 11) is 0. The molecule has 0 radical (unpaired) electrons.